The minimum atomic E-state index is 0.285. The molecule has 1 rings (SSSR count). The molecular formula is C10H16Cl2N2S. The lowest BCUT2D eigenvalue weighted by atomic mass is 10.1. The van der Waals surface area contributed by atoms with Crippen LogP contribution in [0.4, 0.5) is 0 Å². The van der Waals surface area contributed by atoms with Gasteiger partial charge in [0.1, 0.15) is 0 Å². The lowest BCUT2D eigenvalue weighted by Crippen LogP contribution is -2.25. The van der Waals surface area contributed by atoms with Crippen molar-refractivity contribution in [3.05, 3.63) is 20.3 Å². The van der Waals surface area contributed by atoms with E-state index in [1.165, 1.54) is 11.3 Å². The van der Waals surface area contributed by atoms with E-state index in [2.05, 4.69) is 18.9 Å². The molecular weight excluding hydrogens is 251 g/mol. The van der Waals surface area contributed by atoms with Gasteiger partial charge in [0.2, 0.25) is 0 Å². The van der Waals surface area contributed by atoms with Crippen LogP contribution in [-0.4, -0.2) is 25.0 Å². The van der Waals surface area contributed by atoms with Crippen LogP contribution < -0.4 is 5.73 Å². The van der Waals surface area contributed by atoms with Gasteiger partial charge in [-0.3, -0.25) is 4.90 Å². The van der Waals surface area contributed by atoms with Gasteiger partial charge in [0, 0.05) is 11.6 Å². The van der Waals surface area contributed by atoms with Crippen LogP contribution >= 0.6 is 34.5 Å². The van der Waals surface area contributed by atoms with Gasteiger partial charge >= 0.3 is 0 Å². The van der Waals surface area contributed by atoms with Crippen LogP contribution in [0, 0.1) is 0 Å². The third kappa shape index (κ3) is 3.61. The van der Waals surface area contributed by atoms with Gasteiger partial charge in [-0.25, -0.2) is 0 Å². The number of rotatable bonds is 5. The summed E-state index contributed by atoms with van der Waals surface area (Å²) in [6.45, 7) is 3.82. The molecule has 0 saturated carbocycles. The number of thiophene rings is 1. The lowest BCUT2D eigenvalue weighted by molar-refractivity contribution is 0.260. The van der Waals surface area contributed by atoms with Crippen LogP contribution in [0.2, 0.25) is 8.67 Å². The Labute approximate surface area is 105 Å². The first kappa shape index (κ1) is 13.3. The first-order valence-corrected chi connectivity index (χ1v) is 6.48. The molecule has 86 valence electrons. The fourth-order valence-corrected chi connectivity index (χ4v) is 3.04. The molecule has 0 amide bonds. The Bertz CT molecular complexity index is 314. The summed E-state index contributed by atoms with van der Waals surface area (Å²) in [5.41, 5.74) is 6.58. The predicted octanol–water partition coefficient (Wildman–Crippen LogP) is 3.40. The third-order valence-corrected chi connectivity index (χ3v) is 4.03. The molecule has 0 spiro atoms. The Hall–Kier alpha value is 0.200. The standard InChI is InChI=1S/C10H16Cl2N2S/c1-7(14(2)5-3-4-13)8-6-9(11)15-10(8)12/h6-7H,3-5,13H2,1-2H3. The minimum Gasteiger partial charge on any atom is -0.330 e. The van der Waals surface area contributed by atoms with E-state index in [1.54, 1.807) is 0 Å². The molecule has 1 unspecified atom stereocenters. The van der Waals surface area contributed by atoms with Crippen LogP contribution in [0.3, 0.4) is 0 Å². The summed E-state index contributed by atoms with van der Waals surface area (Å²) in [6.07, 6.45) is 0.996. The molecule has 0 aliphatic carbocycles. The predicted molar refractivity (Wildman–Crippen MR) is 69.1 cm³/mol. The zero-order chi connectivity index (χ0) is 11.4. The maximum atomic E-state index is 6.10. The van der Waals surface area contributed by atoms with Gasteiger partial charge in [-0.15, -0.1) is 11.3 Å². The van der Waals surface area contributed by atoms with Crippen LogP contribution in [0.15, 0.2) is 6.07 Å². The van der Waals surface area contributed by atoms with E-state index in [4.69, 9.17) is 28.9 Å². The lowest BCUT2D eigenvalue weighted by Gasteiger charge is -2.24. The molecule has 2 N–H and O–H groups in total. The average molecular weight is 267 g/mol. The van der Waals surface area contributed by atoms with Crippen LogP contribution in [-0.2, 0) is 0 Å². The maximum Gasteiger partial charge on any atom is 0.0991 e. The first-order chi connectivity index (χ1) is 7.06. The van der Waals surface area contributed by atoms with Crippen LogP contribution in [0.5, 0.6) is 0 Å². The molecule has 2 nitrogen and oxygen atoms in total. The number of halogens is 2. The van der Waals surface area contributed by atoms with Gasteiger partial charge in [0.25, 0.3) is 0 Å². The Morgan fingerprint density at radius 2 is 2.20 bits per heavy atom. The zero-order valence-corrected chi connectivity index (χ0v) is 11.3. The summed E-state index contributed by atoms with van der Waals surface area (Å²) in [5.74, 6) is 0. The van der Waals surface area contributed by atoms with Gasteiger partial charge in [-0.05, 0) is 39.5 Å². The zero-order valence-electron chi connectivity index (χ0n) is 8.96. The summed E-state index contributed by atoms with van der Waals surface area (Å²) in [7, 11) is 2.07. The van der Waals surface area contributed by atoms with E-state index in [9.17, 15) is 0 Å². The topological polar surface area (TPSA) is 29.3 Å². The second kappa shape index (κ2) is 6.06. The normalized spacial score (nSPS) is 13.5. The number of nitrogens with zero attached hydrogens (tertiary/aromatic N) is 1. The molecule has 0 aliphatic rings. The molecule has 15 heavy (non-hydrogen) atoms. The van der Waals surface area contributed by atoms with Crippen molar-refractivity contribution in [2.24, 2.45) is 5.73 Å². The second-order valence-electron chi connectivity index (χ2n) is 3.58. The van der Waals surface area contributed by atoms with Gasteiger partial charge in [-0.2, -0.15) is 0 Å². The van der Waals surface area contributed by atoms with E-state index in [-0.39, 0.29) is 6.04 Å². The number of hydrogen-bond acceptors (Lipinski definition) is 3. The van der Waals surface area contributed by atoms with Gasteiger partial charge in [0.05, 0.1) is 8.67 Å². The molecule has 0 aliphatic heterocycles. The van der Waals surface area contributed by atoms with E-state index < -0.39 is 0 Å². The summed E-state index contributed by atoms with van der Waals surface area (Å²) < 4.78 is 1.53. The molecule has 0 fully saturated rings. The van der Waals surface area contributed by atoms with E-state index in [0.717, 1.165) is 33.7 Å². The third-order valence-electron chi connectivity index (χ3n) is 2.51. The van der Waals surface area contributed by atoms with Crippen LogP contribution in [0.1, 0.15) is 24.9 Å². The molecule has 1 aromatic rings. The largest absolute Gasteiger partial charge is 0.330 e. The summed E-state index contributed by atoms with van der Waals surface area (Å²) >= 11 is 13.4. The van der Waals surface area contributed by atoms with Crippen molar-refractivity contribution < 1.29 is 0 Å². The molecule has 0 aromatic carbocycles. The molecule has 1 atom stereocenters. The van der Waals surface area contributed by atoms with Crippen molar-refractivity contribution in [2.75, 3.05) is 20.1 Å². The van der Waals surface area contributed by atoms with Crippen molar-refractivity contribution in [3.8, 4) is 0 Å². The fraction of sp³-hybridized carbons (Fsp3) is 0.600. The molecule has 0 bridgehead atoms. The highest BCUT2D eigenvalue weighted by molar-refractivity contribution is 7.20. The molecule has 1 aromatic heterocycles. The summed E-state index contributed by atoms with van der Waals surface area (Å²) in [5, 5.41) is 0. The molecule has 0 saturated heterocycles. The highest BCUT2D eigenvalue weighted by Crippen LogP contribution is 2.36. The van der Waals surface area contributed by atoms with E-state index in [1.807, 2.05) is 6.07 Å². The number of hydrogen-bond donors (Lipinski definition) is 1. The molecule has 0 radical (unpaired) electrons. The van der Waals surface area contributed by atoms with Crippen molar-refractivity contribution in [2.45, 2.75) is 19.4 Å². The second-order valence-corrected chi connectivity index (χ2v) is 5.86. The van der Waals surface area contributed by atoms with Gasteiger partial charge in [0.15, 0.2) is 0 Å². The first-order valence-electron chi connectivity index (χ1n) is 4.91. The Morgan fingerprint density at radius 1 is 1.53 bits per heavy atom. The summed E-state index contributed by atoms with van der Waals surface area (Å²) in [4.78, 5) is 2.23. The number of nitrogens with two attached hydrogens (primary N) is 1. The Morgan fingerprint density at radius 3 is 2.67 bits per heavy atom. The average Bonchev–Trinajstić information content (AvgIpc) is 2.53. The minimum absolute atomic E-state index is 0.285. The van der Waals surface area contributed by atoms with Crippen molar-refractivity contribution >= 4 is 34.5 Å². The quantitative estimate of drug-likeness (QED) is 0.886. The smallest absolute Gasteiger partial charge is 0.0991 e. The SMILES string of the molecule is CC(c1cc(Cl)sc1Cl)N(C)CCCN. The van der Waals surface area contributed by atoms with Crippen molar-refractivity contribution in [1.82, 2.24) is 4.90 Å². The highest BCUT2D eigenvalue weighted by Gasteiger charge is 2.16. The Kier molecular flexibility index (Phi) is 5.36. The fourth-order valence-electron chi connectivity index (χ4n) is 1.41. The van der Waals surface area contributed by atoms with E-state index >= 15 is 0 Å². The maximum absolute atomic E-state index is 6.10. The summed E-state index contributed by atoms with van der Waals surface area (Å²) in [6, 6.07) is 2.23. The van der Waals surface area contributed by atoms with E-state index in [0.29, 0.717) is 0 Å². The molecule has 5 heteroatoms. The highest BCUT2D eigenvalue weighted by atomic mass is 35.5. The van der Waals surface area contributed by atoms with Crippen molar-refractivity contribution in [3.63, 3.8) is 0 Å². The van der Waals surface area contributed by atoms with Gasteiger partial charge in [-0.1, -0.05) is 23.2 Å². The Balaban J connectivity index is 2.66. The molecule has 1 heterocycles. The van der Waals surface area contributed by atoms with Crippen LogP contribution in [0.25, 0.3) is 0 Å². The van der Waals surface area contributed by atoms with Gasteiger partial charge < -0.3 is 5.73 Å². The monoisotopic (exact) mass is 266 g/mol. The van der Waals surface area contributed by atoms with Crippen molar-refractivity contribution in [1.29, 1.82) is 0 Å².